The molecule has 20 heavy (non-hydrogen) atoms. The summed E-state index contributed by atoms with van der Waals surface area (Å²) < 4.78 is 22.1. The average molecular weight is 341 g/mol. The van der Waals surface area contributed by atoms with Crippen molar-refractivity contribution < 1.29 is 18.9 Å². The Bertz CT molecular complexity index is 582. The fourth-order valence-electron chi connectivity index (χ4n) is 1.60. The predicted molar refractivity (Wildman–Crippen MR) is 75.9 cm³/mol. The standard InChI is InChI=1S/C13H13BrN2O4/c1-17-10-4-8(5-11(18-2)12(10)19-3)20-13-9(14)6-15-7-16-13/h4-7H,1-3H3. The third-order valence-electron chi connectivity index (χ3n) is 2.49. The summed E-state index contributed by atoms with van der Waals surface area (Å²) in [4.78, 5) is 7.91. The summed E-state index contributed by atoms with van der Waals surface area (Å²) in [6, 6.07) is 3.38. The first-order chi connectivity index (χ1) is 9.69. The molecule has 2 aromatic rings. The molecule has 0 atom stereocenters. The van der Waals surface area contributed by atoms with Gasteiger partial charge < -0.3 is 18.9 Å². The monoisotopic (exact) mass is 340 g/mol. The predicted octanol–water partition coefficient (Wildman–Crippen LogP) is 3.06. The van der Waals surface area contributed by atoms with E-state index in [9.17, 15) is 0 Å². The van der Waals surface area contributed by atoms with Crippen LogP contribution in [0.25, 0.3) is 0 Å². The molecule has 0 fully saturated rings. The van der Waals surface area contributed by atoms with Gasteiger partial charge in [-0.05, 0) is 15.9 Å². The molecule has 0 amide bonds. The van der Waals surface area contributed by atoms with Crippen molar-refractivity contribution in [3.63, 3.8) is 0 Å². The van der Waals surface area contributed by atoms with Gasteiger partial charge in [-0.2, -0.15) is 0 Å². The molecule has 106 valence electrons. The Kier molecular flexibility index (Phi) is 4.62. The maximum Gasteiger partial charge on any atom is 0.236 e. The summed E-state index contributed by atoms with van der Waals surface area (Å²) in [7, 11) is 4.63. The zero-order chi connectivity index (χ0) is 14.5. The summed E-state index contributed by atoms with van der Waals surface area (Å²) in [5, 5.41) is 0. The van der Waals surface area contributed by atoms with E-state index in [1.807, 2.05) is 0 Å². The summed E-state index contributed by atoms with van der Waals surface area (Å²) >= 11 is 3.32. The van der Waals surface area contributed by atoms with E-state index in [4.69, 9.17) is 18.9 Å². The van der Waals surface area contributed by atoms with Crippen molar-refractivity contribution in [3.05, 3.63) is 29.1 Å². The van der Waals surface area contributed by atoms with Crippen molar-refractivity contribution in [2.75, 3.05) is 21.3 Å². The maximum atomic E-state index is 5.68. The molecule has 0 spiro atoms. The fourth-order valence-corrected chi connectivity index (χ4v) is 1.91. The molecule has 0 aliphatic heterocycles. The molecule has 1 aromatic carbocycles. The van der Waals surface area contributed by atoms with Gasteiger partial charge in [0, 0.05) is 18.3 Å². The first-order valence-electron chi connectivity index (χ1n) is 5.63. The second-order valence-electron chi connectivity index (χ2n) is 3.64. The Balaban J connectivity index is 2.40. The van der Waals surface area contributed by atoms with Gasteiger partial charge in [0.15, 0.2) is 11.5 Å². The maximum absolute atomic E-state index is 5.68. The number of benzene rings is 1. The van der Waals surface area contributed by atoms with Crippen molar-refractivity contribution in [1.29, 1.82) is 0 Å². The second-order valence-corrected chi connectivity index (χ2v) is 4.49. The number of aromatic nitrogens is 2. The van der Waals surface area contributed by atoms with Crippen molar-refractivity contribution in [1.82, 2.24) is 9.97 Å². The topological polar surface area (TPSA) is 62.7 Å². The minimum absolute atomic E-state index is 0.397. The Morgan fingerprint density at radius 1 is 1.00 bits per heavy atom. The zero-order valence-electron chi connectivity index (χ0n) is 11.2. The molecule has 1 heterocycles. The molecule has 1 aromatic heterocycles. The molecule has 0 bridgehead atoms. The van der Waals surface area contributed by atoms with Crippen molar-refractivity contribution in [2.24, 2.45) is 0 Å². The summed E-state index contributed by atoms with van der Waals surface area (Å²) in [5.41, 5.74) is 0. The summed E-state index contributed by atoms with van der Waals surface area (Å²) in [5.74, 6) is 2.43. The minimum atomic E-state index is 0.397. The fraction of sp³-hybridized carbons (Fsp3) is 0.231. The number of hydrogen-bond donors (Lipinski definition) is 0. The van der Waals surface area contributed by atoms with Gasteiger partial charge in [-0.15, -0.1) is 0 Å². The lowest BCUT2D eigenvalue weighted by Crippen LogP contribution is -1.97. The Hall–Kier alpha value is -2.02. The molecular weight excluding hydrogens is 328 g/mol. The van der Waals surface area contributed by atoms with Gasteiger partial charge in [0.1, 0.15) is 12.1 Å². The molecule has 0 radical (unpaired) electrons. The number of methoxy groups -OCH3 is 3. The molecule has 0 unspecified atom stereocenters. The third kappa shape index (κ3) is 2.93. The van der Waals surface area contributed by atoms with Crippen LogP contribution in [0.3, 0.4) is 0 Å². The van der Waals surface area contributed by atoms with Crippen molar-refractivity contribution in [2.45, 2.75) is 0 Å². The van der Waals surface area contributed by atoms with Crippen LogP contribution < -0.4 is 18.9 Å². The second kappa shape index (κ2) is 6.42. The lowest BCUT2D eigenvalue weighted by Gasteiger charge is -2.14. The van der Waals surface area contributed by atoms with Gasteiger partial charge >= 0.3 is 0 Å². The largest absolute Gasteiger partial charge is 0.493 e. The molecular formula is C13H13BrN2O4. The Morgan fingerprint density at radius 3 is 2.15 bits per heavy atom. The quantitative estimate of drug-likeness (QED) is 0.833. The zero-order valence-corrected chi connectivity index (χ0v) is 12.8. The van der Waals surface area contributed by atoms with E-state index in [2.05, 4.69) is 25.9 Å². The highest BCUT2D eigenvalue weighted by Crippen LogP contribution is 2.42. The van der Waals surface area contributed by atoms with Crippen LogP contribution in [-0.2, 0) is 0 Å². The van der Waals surface area contributed by atoms with Gasteiger partial charge in [-0.3, -0.25) is 0 Å². The highest BCUT2D eigenvalue weighted by atomic mass is 79.9. The van der Waals surface area contributed by atoms with Crippen LogP contribution in [0.2, 0.25) is 0 Å². The van der Waals surface area contributed by atoms with Gasteiger partial charge in [0.05, 0.1) is 25.8 Å². The highest BCUT2D eigenvalue weighted by molar-refractivity contribution is 9.10. The molecule has 0 saturated heterocycles. The Morgan fingerprint density at radius 2 is 1.65 bits per heavy atom. The lowest BCUT2D eigenvalue weighted by molar-refractivity contribution is 0.320. The van der Waals surface area contributed by atoms with Gasteiger partial charge in [-0.25, -0.2) is 9.97 Å². The van der Waals surface area contributed by atoms with E-state index in [-0.39, 0.29) is 0 Å². The molecule has 0 N–H and O–H groups in total. The third-order valence-corrected chi connectivity index (χ3v) is 3.03. The Labute approximate surface area is 124 Å². The average Bonchev–Trinajstić information content (AvgIpc) is 2.48. The number of hydrogen-bond acceptors (Lipinski definition) is 6. The van der Waals surface area contributed by atoms with E-state index in [1.54, 1.807) is 39.7 Å². The van der Waals surface area contributed by atoms with Crippen LogP contribution in [0.1, 0.15) is 0 Å². The lowest BCUT2D eigenvalue weighted by atomic mass is 10.2. The molecule has 0 aliphatic carbocycles. The van der Waals surface area contributed by atoms with Gasteiger partial charge in [0.2, 0.25) is 11.6 Å². The number of rotatable bonds is 5. The van der Waals surface area contributed by atoms with Crippen LogP contribution in [0, 0.1) is 0 Å². The van der Waals surface area contributed by atoms with Crippen molar-refractivity contribution in [3.8, 4) is 28.9 Å². The normalized spacial score (nSPS) is 10.0. The first kappa shape index (κ1) is 14.4. The van der Waals surface area contributed by atoms with Crippen molar-refractivity contribution >= 4 is 15.9 Å². The number of nitrogens with zero attached hydrogens (tertiary/aromatic N) is 2. The summed E-state index contributed by atoms with van der Waals surface area (Å²) in [6.45, 7) is 0. The molecule has 0 saturated carbocycles. The van der Waals surface area contributed by atoms with Crippen LogP contribution >= 0.6 is 15.9 Å². The van der Waals surface area contributed by atoms with Crippen LogP contribution in [0.5, 0.6) is 28.9 Å². The summed E-state index contributed by atoms with van der Waals surface area (Å²) in [6.07, 6.45) is 3.00. The molecule has 6 nitrogen and oxygen atoms in total. The first-order valence-corrected chi connectivity index (χ1v) is 6.42. The van der Waals surface area contributed by atoms with Crippen LogP contribution in [-0.4, -0.2) is 31.3 Å². The van der Waals surface area contributed by atoms with Gasteiger partial charge in [-0.1, -0.05) is 0 Å². The van der Waals surface area contributed by atoms with E-state index in [0.717, 1.165) is 0 Å². The van der Waals surface area contributed by atoms with Gasteiger partial charge in [0.25, 0.3) is 0 Å². The van der Waals surface area contributed by atoms with Crippen LogP contribution in [0.4, 0.5) is 0 Å². The smallest absolute Gasteiger partial charge is 0.236 e. The number of ether oxygens (including phenoxy) is 4. The number of halogens is 1. The van der Waals surface area contributed by atoms with Crippen LogP contribution in [0.15, 0.2) is 29.1 Å². The van der Waals surface area contributed by atoms with E-state index < -0.39 is 0 Å². The molecule has 7 heteroatoms. The highest BCUT2D eigenvalue weighted by Gasteiger charge is 2.15. The molecule has 2 rings (SSSR count). The van der Waals surface area contributed by atoms with E-state index in [0.29, 0.717) is 33.4 Å². The van der Waals surface area contributed by atoms with E-state index >= 15 is 0 Å². The minimum Gasteiger partial charge on any atom is -0.493 e. The molecule has 0 aliphatic rings. The van der Waals surface area contributed by atoms with E-state index in [1.165, 1.54) is 6.33 Å². The SMILES string of the molecule is COc1cc(Oc2ncncc2Br)cc(OC)c1OC.